The molecule has 1 aromatic carbocycles. The van der Waals surface area contributed by atoms with Crippen molar-refractivity contribution >= 4 is 23.5 Å². The Labute approximate surface area is 122 Å². The molecule has 6 nitrogen and oxygen atoms in total. The second-order valence-electron chi connectivity index (χ2n) is 5.13. The van der Waals surface area contributed by atoms with Crippen LogP contribution < -0.4 is 10.6 Å². The molecule has 0 radical (unpaired) electrons. The van der Waals surface area contributed by atoms with Crippen LogP contribution >= 0.6 is 0 Å². The number of carbonyl (C=O) groups is 3. The van der Waals surface area contributed by atoms with E-state index in [2.05, 4.69) is 10.6 Å². The van der Waals surface area contributed by atoms with Gasteiger partial charge in [0.2, 0.25) is 0 Å². The maximum absolute atomic E-state index is 11.6. The van der Waals surface area contributed by atoms with E-state index in [1.165, 1.54) is 0 Å². The van der Waals surface area contributed by atoms with Crippen LogP contribution in [0.25, 0.3) is 0 Å². The van der Waals surface area contributed by atoms with E-state index in [1.54, 1.807) is 31.3 Å². The SMILES string of the molecule is CNC(=O)c1ccc(NC(=O)COC(=O)[C@@H]2C[C@@H]2C)cc1. The highest BCUT2D eigenvalue weighted by atomic mass is 16.5. The summed E-state index contributed by atoms with van der Waals surface area (Å²) in [5, 5.41) is 5.11. The van der Waals surface area contributed by atoms with Crippen molar-refractivity contribution in [2.45, 2.75) is 13.3 Å². The van der Waals surface area contributed by atoms with Crippen molar-refractivity contribution in [2.75, 3.05) is 19.0 Å². The molecule has 0 heterocycles. The highest BCUT2D eigenvalue weighted by Gasteiger charge is 2.40. The summed E-state index contributed by atoms with van der Waals surface area (Å²) in [5.41, 5.74) is 1.05. The van der Waals surface area contributed by atoms with Gasteiger partial charge in [-0.1, -0.05) is 6.92 Å². The van der Waals surface area contributed by atoms with Crippen LogP contribution in [0.15, 0.2) is 24.3 Å². The van der Waals surface area contributed by atoms with Crippen molar-refractivity contribution in [3.63, 3.8) is 0 Å². The van der Waals surface area contributed by atoms with Crippen LogP contribution in [0.3, 0.4) is 0 Å². The minimum atomic E-state index is -0.399. The zero-order valence-corrected chi connectivity index (χ0v) is 12.0. The lowest BCUT2D eigenvalue weighted by Gasteiger charge is -2.07. The van der Waals surface area contributed by atoms with Crippen LogP contribution in [0.2, 0.25) is 0 Å². The summed E-state index contributed by atoms with van der Waals surface area (Å²) in [6.07, 6.45) is 0.835. The summed E-state index contributed by atoms with van der Waals surface area (Å²) in [6, 6.07) is 6.44. The molecule has 2 amide bonds. The van der Waals surface area contributed by atoms with Gasteiger partial charge in [0.15, 0.2) is 6.61 Å². The molecule has 2 N–H and O–H groups in total. The van der Waals surface area contributed by atoms with Crippen LogP contribution in [0.4, 0.5) is 5.69 Å². The summed E-state index contributed by atoms with van der Waals surface area (Å²) in [6.45, 7) is 1.68. The monoisotopic (exact) mass is 290 g/mol. The van der Waals surface area contributed by atoms with Gasteiger partial charge >= 0.3 is 5.97 Å². The van der Waals surface area contributed by atoms with E-state index in [4.69, 9.17) is 4.74 Å². The minimum absolute atomic E-state index is 0.0513. The molecular weight excluding hydrogens is 272 g/mol. The van der Waals surface area contributed by atoms with Gasteiger partial charge in [0.25, 0.3) is 11.8 Å². The third-order valence-corrected chi connectivity index (χ3v) is 3.42. The van der Waals surface area contributed by atoms with Crippen LogP contribution in [0, 0.1) is 11.8 Å². The van der Waals surface area contributed by atoms with Crippen molar-refractivity contribution in [2.24, 2.45) is 11.8 Å². The molecule has 2 rings (SSSR count). The molecule has 0 bridgehead atoms. The third-order valence-electron chi connectivity index (χ3n) is 3.42. The Kier molecular flexibility index (Phi) is 4.57. The maximum atomic E-state index is 11.6. The molecule has 0 unspecified atom stereocenters. The quantitative estimate of drug-likeness (QED) is 0.798. The zero-order chi connectivity index (χ0) is 15.4. The molecule has 6 heteroatoms. The summed E-state index contributed by atoms with van der Waals surface area (Å²) in [5.74, 6) is -0.597. The molecule has 1 aliphatic rings. The van der Waals surface area contributed by atoms with Gasteiger partial charge in [-0.25, -0.2) is 0 Å². The summed E-state index contributed by atoms with van der Waals surface area (Å²) in [4.78, 5) is 34.5. The van der Waals surface area contributed by atoms with Gasteiger partial charge in [0.05, 0.1) is 5.92 Å². The van der Waals surface area contributed by atoms with E-state index in [9.17, 15) is 14.4 Å². The van der Waals surface area contributed by atoms with Crippen molar-refractivity contribution < 1.29 is 19.1 Å². The van der Waals surface area contributed by atoms with Crippen LogP contribution in [0.1, 0.15) is 23.7 Å². The Morgan fingerprint density at radius 3 is 2.38 bits per heavy atom. The summed E-state index contributed by atoms with van der Waals surface area (Å²) < 4.78 is 4.93. The van der Waals surface area contributed by atoms with Crippen LogP contribution in [0.5, 0.6) is 0 Å². The number of carbonyl (C=O) groups excluding carboxylic acids is 3. The second-order valence-corrected chi connectivity index (χ2v) is 5.13. The number of hydrogen-bond acceptors (Lipinski definition) is 4. The lowest BCUT2D eigenvalue weighted by molar-refractivity contribution is -0.148. The largest absolute Gasteiger partial charge is 0.455 e. The molecular formula is C15H18N2O4. The number of rotatable bonds is 5. The predicted octanol–water partition coefficient (Wildman–Crippen LogP) is 1.18. The highest BCUT2D eigenvalue weighted by molar-refractivity contribution is 5.96. The highest BCUT2D eigenvalue weighted by Crippen LogP contribution is 2.38. The lowest BCUT2D eigenvalue weighted by atomic mass is 10.2. The van der Waals surface area contributed by atoms with Gasteiger partial charge in [-0.2, -0.15) is 0 Å². The Balaban J connectivity index is 1.79. The fourth-order valence-electron chi connectivity index (χ4n) is 1.94. The van der Waals surface area contributed by atoms with Crippen LogP contribution in [-0.4, -0.2) is 31.4 Å². The Bertz CT molecular complexity index is 553. The first-order valence-corrected chi connectivity index (χ1v) is 6.80. The molecule has 21 heavy (non-hydrogen) atoms. The number of esters is 1. The van der Waals surface area contributed by atoms with Gasteiger partial charge in [0.1, 0.15) is 0 Å². The average molecular weight is 290 g/mol. The molecule has 1 aliphatic carbocycles. The number of amides is 2. The van der Waals surface area contributed by atoms with E-state index >= 15 is 0 Å². The fraction of sp³-hybridized carbons (Fsp3) is 0.400. The Morgan fingerprint density at radius 2 is 1.86 bits per heavy atom. The standard InChI is InChI=1S/C15H18N2O4/c1-9-7-12(9)15(20)21-8-13(18)17-11-5-3-10(4-6-11)14(19)16-2/h3-6,9,12H,7-8H2,1-2H3,(H,16,19)(H,17,18)/t9-,12+/m0/s1. The molecule has 1 aromatic rings. The van der Waals surface area contributed by atoms with Crippen molar-refractivity contribution in [3.05, 3.63) is 29.8 Å². The maximum Gasteiger partial charge on any atom is 0.309 e. The van der Waals surface area contributed by atoms with E-state index in [0.717, 1.165) is 6.42 Å². The molecule has 1 fully saturated rings. The predicted molar refractivity (Wildman–Crippen MR) is 76.7 cm³/mol. The van der Waals surface area contributed by atoms with E-state index in [0.29, 0.717) is 17.2 Å². The topological polar surface area (TPSA) is 84.5 Å². The molecule has 0 aliphatic heterocycles. The number of anilines is 1. The second kappa shape index (κ2) is 6.39. The van der Waals surface area contributed by atoms with Gasteiger partial charge in [-0.3, -0.25) is 14.4 Å². The fourth-order valence-corrected chi connectivity index (χ4v) is 1.94. The first kappa shape index (κ1) is 15.0. The normalized spacial score (nSPS) is 19.5. The van der Waals surface area contributed by atoms with Gasteiger partial charge in [-0.15, -0.1) is 0 Å². The third kappa shape index (κ3) is 4.05. The molecule has 0 spiro atoms. The molecule has 0 saturated heterocycles. The lowest BCUT2D eigenvalue weighted by Crippen LogP contribution is -2.22. The number of hydrogen-bond donors (Lipinski definition) is 2. The van der Waals surface area contributed by atoms with Crippen molar-refractivity contribution in [3.8, 4) is 0 Å². The number of ether oxygens (including phenoxy) is 1. The molecule has 2 atom stereocenters. The Morgan fingerprint density at radius 1 is 1.24 bits per heavy atom. The Hall–Kier alpha value is -2.37. The van der Waals surface area contributed by atoms with E-state index < -0.39 is 5.91 Å². The molecule has 112 valence electrons. The smallest absolute Gasteiger partial charge is 0.309 e. The van der Waals surface area contributed by atoms with E-state index in [-0.39, 0.29) is 24.4 Å². The first-order valence-electron chi connectivity index (χ1n) is 6.80. The summed E-state index contributed by atoms with van der Waals surface area (Å²) >= 11 is 0. The minimum Gasteiger partial charge on any atom is -0.455 e. The summed E-state index contributed by atoms with van der Waals surface area (Å²) in [7, 11) is 1.55. The molecule has 0 aromatic heterocycles. The number of nitrogens with one attached hydrogen (secondary N) is 2. The average Bonchev–Trinajstić information content (AvgIpc) is 3.22. The van der Waals surface area contributed by atoms with E-state index in [1.807, 2.05) is 6.92 Å². The van der Waals surface area contributed by atoms with Crippen molar-refractivity contribution in [1.29, 1.82) is 0 Å². The van der Waals surface area contributed by atoms with Gasteiger partial charge in [-0.05, 0) is 36.6 Å². The number of benzene rings is 1. The zero-order valence-electron chi connectivity index (χ0n) is 12.0. The van der Waals surface area contributed by atoms with Gasteiger partial charge in [0, 0.05) is 18.3 Å². The van der Waals surface area contributed by atoms with Crippen LogP contribution in [-0.2, 0) is 14.3 Å². The van der Waals surface area contributed by atoms with Crippen molar-refractivity contribution in [1.82, 2.24) is 5.32 Å². The molecule has 1 saturated carbocycles. The van der Waals surface area contributed by atoms with Gasteiger partial charge < -0.3 is 15.4 Å². The first-order chi connectivity index (χ1) is 10.0.